The van der Waals surface area contributed by atoms with Crippen LogP contribution in [0.4, 0.5) is 0 Å². The molecule has 0 rings (SSSR count). The Morgan fingerprint density at radius 3 is 0.654 bits per heavy atom. The van der Waals surface area contributed by atoms with E-state index in [1.54, 1.807) is 0 Å². The molecule has 0 saturated heterocycles. The molecular weight excluding hydrogens is 1350 g/mol. The number of hydrogen-bond donors (Lipinski definition) is 3. The molecule has 0 aromatic carbocycles. The first kappa shape index (κ1) is 102. The number of carbonyl (C=O) groups is 4. The topological polar surface area (TPSA) is 237 Å². The van der Waals surface area contributed by atoms with Gasteiger partial charge in [-0.15, -0.1) is 0 Å². The minimum absolute atomic E-state index is 0.105. The van der Waals surface area contributed by atoms with Gasteiger partial charge in [0, 0.05) is 25.7 Å². The number of phosphoric acid groups is 2. The Morgan fingerprint density at radius 2 is 0.442 bits per heavy atom. The van der Waals surface area contributed by atoms with E-state index in [0.717, 1.165) is 102 Å². The maximum atomic E-state index is 13.1. The average molecular weight is 1520 g/mol. The largest absolute Gasteiger partial charge is 0.472 e. The van der Waals surface area contributed by atoms with Crippen LogP contribution in [0.3, 0.4) is 0 Å². The van der Waals surface area contributed by atoms with Crippen molar-refractivity contribution in [2.75, 3.05) is 39.6 Å². The SMILES string of the molecule is CCCCCCCCCCCCCCCCCCCCCCCC(=O)OC[C@H](COP(=O)(O)OC[C@@H](O)COP(=O)(O)OC[C@@H](COC(=O)CCCCCCCCCC(C)C)OC(=O)CCCCCCCCCCCC(C)C)OC(=O)CCCCCCCCCCCCCCCCCCCCCCC. The third-order valence-corrected chi connectivity index (χ3v) is 21.9. The highest BCUT2D eigenvalue weighted by Crippen LogP contribution is 2.45. The van der Waals surface area contributed by atoms with Crippen molar-refractivity contribution in [1.82, 2.24) is 0 Å². The van der Waals surface area contributed by atoms with E-state index in [4.69, 9.17) is 37.0 Å². The molecular formula is C85H166O17P2. The van der Waals surface area contributed by atoms with Gasteiger partial charge in [0.2, 0.25) is 0 Å². The zero-order chi connectivity index (χ0) is 76.4. The fraction of sp³-hybridized carbons (Fsp3) is 0.953. The molecule has 0 radical (unpaired) electrons. The molecule has 0 fully saturated rings. The van der Waals surface area contributed by atoms with Crippen molar-refractivity contribution in [3.05, 3.63) is 0 Å². The summed E-state index contributed by atoms with van der Waals surface area (Å²) < 4.78 is 68.8. The molecule has 3 N–H and O–H groups in total. The first-order valence-corrected chi connectivity index (χ1v) is 47.0. The highest BCUT2D eigenvalue weighted by atomic mass is 31.2. The highest BCUT2D eigenvalue weighted by Gasteiger charge is 2.30. The Bertz CT molecular complexity index is 1990. The van der Waals surface area contributed by atoms with Crippen LogP contribution in [-0.2, 0) is 65.4 Å². The number of ether oxygens (including phenoxy) is 4. The van der Waals surface area contributed by atoms with Crippen LogP contribution in [0, 0.1) is 11.8 Å². The number of hydrogen-bond acceptors (Lipinski definition) is 15. The summed E-state index contributed by atoms with van der Waals surface area (Å²) in [5.74, 6) is -0.667. The lowest BCUT2D eigenvalue weighted by Gasteiger charge is -2.21. The Labute approximate surface area is 638 Å². The maximum Gasteiger partial charge on any atom is 0.472 e. The molecule has 0 aromatic heterocycles. The van der Waals surface area contributed by atoms with Gasteiger partial charge in [-0.25, -0.2) is 9.13 Å². The molecule has 5 atom stereocenters. The maximum absolute atomic E-state index is 13.1. The van der Waals surface area contributed by atoms with Gasteiger partial charge in [0.15, 0.2) is 12.2 Å². The summed E-state index contributed by atoms with van der Waals surface area (Å²) in [7, 11) is -9.92. The summed E-state index contributed by atoms with van der Waals surface area (Å²) in [5.41, 5.74) is 0. The normalized spacial score (nSPS) is 13.8. The summed E-state index contributed by atoms with van der Waals surface area (Å²) in [5, 5.41) is 10.7. The van der Waals surface area contributed by atoms with E-state index in [9.17, 15) is 43.2 Å². The summed E-state index contributed by atoms with van der Waals surface area (Å²) in [6.45, 7) is 9.57. The van der Waals surface area contributed by atoms with E-state index >= 15 is 0 Å². The third-order valence-electron chi connectivity index (χ3n) is 20.0. The van der Waals surface area contributed by atoms with Crippen molar-refractivity contribution in [3.63, 3.8) is 0 Å². The molecule has 618 valence electrons. The zero-order valence-corrected chi connectivity index (χ0v) is 70.1. The predicted molar refractivity (Wildman–Crippen MR) is 428 cm³/mol. The van der Waals surface area contributed by atoms with Gasteiger partial charge in [0.05, 0.1) is 26.4 Å². The quantitative estimate of drug-likeness (QED) is 0.0222. The standard InChI is InChI=1S/C85H166O17P2/c1-7-9-11-13-15-17-19-21-23-25-27-29-31-33-35-37-39-43-49-55-61-67-82(87)95-73-80(101-84(89)69-63-57-50-44-40-38-36-34-32-30-28-26-24-22-20-18-16-14-12-10-8-2)75-99-103(91,92)97-71-79(86)72-98-104(93,94)100-76-81(74-96-83(88)68-62-56-52-46-48-54-60-66-78(5)6)102-85(90)70-64-58-51-45-41-42-47-53-59-65-77(3)4/h77-81,86H,7-76H2,1-6H3,(H,91,92)(H,93,94)/t79-,80-,81-/m1/s1. The fourth-order valence-corrected chi connectivity index (χ4v) is 14.8. The van der Waals surface area contributed by atoms with Crippen molar-refractivity contribution >= 4 is 39.5 Å². The number of aliphatic hydroxyl groups excluding tert-OH is 1. The Morgan fingerprint density at radius 1 is 0.260 bits per heavy atom. The summed E-state index contributed by atoms with van der Waals surface area (Å²) in [6.07, 6.45) is 68.4. The van der Waals surface area contributed by atoms with Crippen molar-refractivity contribution in [2.45, 2.75) is 471 Å². The number of phosphoric ester groups is 2. The summed E-state index contributed by atoms with van der Waals surface area (Å²) in [6, 6.07) is 0. The van der Waals surface area contributed by atoms with Crippen LogP contribution in [0.2, 0.25) is 0 Å². The molecule has 0 spiro atoms. The first-order valence-electron chi connectivity index (χ1n) is 44.0. The molecule has 0 aliphatic rings. The Hall–Kier alpha value is -1.94. The second kappa shape index (κ2) is 76.4. The zero-order valence-electron chi connectivity index (χ0n) is 68.3. The van der Waals surface area contributed by atoms with E-state index in [1.165, 1.54) is 263 Å². The van der Waals surface area contributed by atoms with E-state index in [-0.39, 0.29) is 25.7 Å². The van der Waals surface area contributed by atoms with Gasteiger partial charge in [-0.05, 0) is 37.5 Å². The molecule has 0 bridgehead atoms. The van der Waals surface area contributed by atoms with E-state index in [1.807, 2.05) is 0 Å². The van der Waals surface area contributed by atoms with Crippen LogP contribution in [0.5, 0.6) is 0 Å². The molecule has 0 aliphatic heterocycles. The van der Waals surface area contributed by atoms with Crippen LogP contribution >= 0.6 is 15.6 Å². The molecule has 0 heterocycles. The first-order chi connectivity index (χ1) is 50.4. The lowest BCUT2D eigenvalue weighted by molar-refractivity contribution is -0.161. The summed E-state index contributed by atoms with van der Waals surface area (Å²) in [4.78, 5) is 73.1. The van der Waals surface area contributed by atoms with E-state index in [0.29, 0.717) is 31.6 Å². The van der Waals surface area contributed by atoms with Crippen molar-refractivity contribution < 1.29 is 80.2 Å². The lowest BCUT2D eigenvalue weighted by Crippen LogP contribution is -2.30. The Balaban J connectivity index is 5.19. The van der Waals surface area contributed by atoms with Gasteiger partial charge < -0.3 is 33.8 Å². The summed E-state index contributed by atoms with van der Waals surface area (Å²) >= 11 is 0. The van der Waals surface area contributed by atoms with Gasteiger partial charge in [0.25, 0.3) is 0 Å². The molecule has 19 heteroatoms. The van der Waals surface area contributed by atoms with Crippen molar-refractivity contribution in [2.24, 2.45) is 11.8 Å². The van der Waals surface area contributed by atoms with E-state index < -0.39 is 97.5 Å². The second-order valence-electron chi connectivity index (χ2n) is 31.5. The highest BCUT2D eigenvalue weighted by molar-refractivity contribution is 7.47. The number of aliphatic hydroxyl groups is 1. The smallest absolute Gasteiger partial charge is 0.462 e. The molecule has 0 aliphatic carbocycles. The van der Waals surface area contributed by atoms with Crippen LogP contribution < -0.4 is 0 Å². The van der Waals surface area contributed by atoms with Gasteiger partial charge in [-0.1, -0.05) is 401 Å². The fourth-order valence-electron chi connectivity index (χ4n) is 13.2. The second-order valence-corrected chi connectivity index (χ2v) is 34.4. The van der Waals surface area contributed by atoms with Gasteiger partial charge in [-0.3, -0.25) is 37.3 Å². The average Bonchev–Trinajstić information content (AvgIpc) is 0.911. The van der Waals surface area contributed by atoms with Crippen LogP contribution in [0.25, 0.3) is 0 Å². The molecule has 17 nitrogen and oxygen atoms in total. The number of esters is 4. The number of rotatable bonds is 84. The van der Waals surface area contributed by atoms with Crippen molar-refractivity contribution in [3.8, 4) is 0 Å². The van der Waals surface area contributed by atoms with Crippen LogP contribution in [0.15, 0.2) is 0 Å². The predicted octanol–water partition coefficient (Wildman–Crippen LogP) is 25.8. The molecule has 0 saturated carbocycles. The van der Waals surface area contributed by atoms with Crippen LogP contribution in [-0.4, -0.2) is 96.7 Å². The molecule has 2 unspecified atom stereocenters. The van der Waals surface area contributed by atoms with Crippen LogP contribution in [0.1, 0.15) is 452 Å². The van der Waals surface area contributed by atoms with E-state index in [2.05, 4.69) is 41.5 Å². The minimum Gasteiger partial charge on any atom is -0.462 e. The van der Waals surface area contributed by atoms with Crippen molar-refractivity contribution in [1.29, 1.82) is 0 Å². The number of unbranched alkanes of at least 4 members (excludes halogenated alkanes) is 54. The molecule has 0 aromatic rings. The van der Waals surface area contributed by atoms with Gasteiger partial charge >= 0.3 is 39.5 Å². The number of carbonyl (C=O) groups excluding carboxylic acids is 4. The van der Waals surface area contributed by atoms with Gasteiger partial charge in [-0.2, -0.15) is 0 Å². The monoisotopic (exact) mass is 1520 g/mol. The Kier molecular flexibility index (Phi) is 75.0. The molecule has 0 amide bonds. The lowest BCUT2D eigenvalue weighted by atomic mass is 10.0. The minimum atomic E-state index is -4.96. The molecule has 104 heavy (non-hydrogen) atoms. The third kappa shape index (κ3) is 78.2. The van der Waals surface area contributed by atoms with Gasteiger partial charge in [0.1, 0.15) is 19.3 Å².